The Bertz CT molecular complexity index is 639. The molecular weight excluding hydrogens is 330 g/mol. The van der Waals surface area contributed by atoms with Crippen LogP contribution in [0.25, 0.3) is 0 Å². The SMILES string of the molecule is O=C(C1CCCC1)N1CCN(C(=O)C2CC(c3ccncc3)NN2)CC1. The van der Waals surface area contributed by atoms with Crippen molar-refractivity contribution in [2.45, 2.75) is 44.2 Å². The van der Waals surface area contributed by atoms with Crippen molar-refractivity contribution < 1.29 is 9.59 Å². The number of piperazine rings is 1. The molecule has 1 aromatic rings. The molecule has 0 spiro atoms. The highest BCUT2D eigenvalue weighted by Gasteiger charge is 2.35. The summed E-state index contributed by atoms with van der Waals surface area (Å²) < 4.78 is 0. The third-order valence-corrected chi connectivity index (χ3v) is 5.92. The number of pyridine rings is 1. The van der Waals surface area contributed by atoms with E-state index in [9.17, 15) is 9.59 Å². The molecule has 2 unspecified atom stereocenters. The number of aromatic nitrogens is 1. The van der Waals surface area contributed by atoms with Gasteiger partial charge in [-0.1, -0.05) is 12.8 Å². The van der Waals surface area contributed by atoms with Gasteiger partial charge in [-0.15, -0.1) is 0 Å². The van der Waals surface area contributed by atoms with Crippen LogP contribution in [0.4, 0.5) is 0 Å². The summed E-state index contributed by atoms with van der Waals surface area (Å²) in [7, 11) is 0. The van der Waals surface area contributed by atoms with Gasteiger partial charge >= 0.3 is 0 Å². The molecule has 3 aliphatic rings. The highest BCUT2D eigenvalue weighted by molar-refractivity contribution is 5.83. The lowest BCUT2D eigenvalue weighted by atomic mass is 10.0. The van der Waals surface area contributed by atoms with E-state index in [0.29, 0.717) is 32.1 Å². The Morgan fingerprint density at radius 2 is 1.54 bits per heavy atom. The Morgan fingerprint density at radius 1 is 0.923 bits per heavy atom. The number of nitrogens with one attached hydrogen (secondary N) is 2. The Hall–Kier alpha value is -1.99. The van der Waals surface area contributed by atoms with Crippen molar-refractivity contribution in [3.63, 3.8) is 0 Å². The third-order valence-electron chi connectivity index (χ3n) is 5.92. The largest absolute Gasteiger partial charge is 0.339 e. The van der Waals surface area contributed by atoms with Crippen LogP contribution in [0.1, 0.15) is 43.7 Å². The average molecular weight is 357 g/mol. The maximum Gasteiger partial charge on any atom is 0.241 e. The van der Waals surface area contributed by atoms with Gasteiger partial charge in [0, 0.05) is 50.5 Å². The maximum absolute atomic E-state index is 12.8. The highest BCUT2D eigenvalue weighted by atomic mass is 16.2. The van der Waals surface area contributed by atoms with Crippen LogP contribution in [-0.2, 0) is 9.59 Å². The molecule has 26 heavy (non-hydrogen) atoms. The van der Waals surface area contributed by atoms with Gasteiger partial charge in [-0.3, -0.25) is 14.6 Å². The quantitative estimate of drug-likeness (QED) is 0.839. The molecule has 3 fully saturated rings. The van der Waals surface area contributed by atoms with E-state index >= 15 is 0 Å². The maximum atomic E-state index is 12.8. The highest BCUT2D eigenvalue weighted by Crippen LogP contribution is 2.27. The van der Waals surface area contributed by atoms with Crippen molar-refractivity contribution in [2.24, 2.45) is 5.92 Å². The molecule has 2 amide bonds. The van der Waals surface area contributed by atoms with Crippen LogP contribution in [0, 0.1) is 5.92 Å². The fraction of sp³-hybridized carbons (Fsp3) is 0.632. The monoisotopic (exact) mass is 357 g/mol. The van der Waals surface area contributed by atoms with Gasteiger partial charge in [-0.05, 0) is 37.0 Å². The van der Waals surface area contributed by atoms with Gasteiger partial charge < -0.3 is 9.80 Å². The van der Waals surface area contributed by atoms with E-state index in [1.165, 1.54) is 12.8 Å². The van der Waals surface area contributed by atoms with E-state index in [1.807, 2.05) is 21.9 Å². The molecule has 1 aliphatic carbocycles. The molecule has 7 heteroatoms. The van der Waals surface area contributed by atoms with Gasteiger partial charge in [0.05, 0.1) is 0 Å². The van der Waals surface area contributed by atoms with E-state index in [1.54, 1.807) is 12.4 Å². The van der Waals surface area contributed by atoms with E-state index in [-0.39, 0.29) is 23.9 Å². The number of hydrogen-bond donors (Lipinski definition) is 2. The molecule has 7 nitrogen and oxygen atoms in total. The minimum atomic E-state index is -0.217. The lowest BCUT2D eigenvalue weighted by molar-refractivity contribution is -0.142. The Balaban J connectivity index is 1.28. The van der Waals surface area contributed by atoms with Crippen LogP contribution in [0.2, 0.25) is 0 Å². The molecule has 0 aromatic carbocycles. The average Bonchev–Trinajstić information content (AvgIpc) is 3.40. The summed E-state index contributed by atoms with van der Waals surface area (Å²) in [5, 5.41) is 0. The van der Waals surface area contributed by atoms with Gasteiger partial charge in [-0.2, -0.15) is 0 Å². The lowest BCUT2D eigenvalue weighted by Crippen LogP contribution is -2.55. The molecule has 2 atom stereocenters. The number of nitrogens with zero attached hydrogens (tertiary/aromatic N) is 3. The first kappa shape index (κ1) is 17.4. The van der Waals surface area contributed by atoms with E-state index in [2.05, 4.69) is 15.8 Å². The lowest BCUT2D eigenvalue weighted by Gasteiger charge is -2.37. The number of hydrogen-bond acceptors (Lipinski definition) is 5. The van der Waals surface area contributed by atoms with Crippen molar-refractivity contribution in [2.75, 3.05) is 26.2 Å². The zero-order valence-corrected chi connectivity index (χ0v) is 15.1. The Morgan fingerprint density at radius 3 is 2.19 bits per heavy atom. The van der Waals surface area contributed by atoms with Crippen LogP contribution in [0.5, 0.6) is 0 Å². The van der Waals surface area contributed by atoms with E-state index in [0.717, 1.165) is 24.8 Å². The summed E-state index contributed by atoms with van der Waals surface area (Å²) in [6, 6.07) is 3.85. The van der Waals surface area contributed by atoms with Crippen LogP contribution in [-0.4, -0.2) is 58.8 Å². The van der Waals surface area contributed by atoms with Crippen molar-refractivity contribution in [1.82, 2.24) is 25.6 Å². The Kier molecular flexibility index (Phi) is 5.17. The fourth-order valence-electron chi connectivity index (χ4n) is 4.33. The molecule has 3 heterocycles. The topological polar surface area (TPSA) is 77.6 Å². The molecule has 140 valence electrons. The first-order chi connectivity index (χ1) is 12.7. The second-order valence-electron chi connectivity index (χ2n) is 7.54. The number of carbonyl (C=O) groups is 2. The number of hydrazine groups is 1. The first-order valence-corrected chi connectivity index (χ1v) is 9.71. The summed E-state index contributed by atoms with van der Waals surface area (Å²) in [5.41, 5.74) is 7.49. The molecule has 0 bridgehead atoms. The summed E-state index contributed by atoms with van der Waals surface area (Å²) in [5.74, 6) is 0.647. The normalized spacial score (nSPS) is 27.1. The van der Waals surface area contributed by atoms with Crippen LogP contribution in [0.15, 0.2) is 24.5 Å². The first-order valence-electron chi connectivity index (χ1n) is 9.71. The van der Waals surface area contributed by atoms with Crippen molar-refractivity contribution >= 4 is 11.8 Å². The number of carbonyl (C=O) groups excluding carboxylic acids is 2. The van der Waals surface area contributed by atoms with Crippen LogP contribution < -0.4 is 10.9 Å². The molecule has 1 saturated carbocycles. The molecule has 2 saturated heterocycles. The van der Waals surface area contributed by atoms with Gasteiger partial charge in [0.25, 0.3) is 0 Å². The van der Waals surface area contributed by atoms with Gasteiger partial charge in [-0.25, -0.2) is 10.9 Å². The standard InChI is InChI=1S/C19H27N5O2/c25-18(15-3-1-2-4-15)23-9-11-24(12-10-23)19(26)17-13-16(21-22-17)14-5-7-20-8-6-14/h5-8,15-17,21-22H,1-4,9-13H2. The third kappa shape index (κ3) is 3.59. The molecule has 4 rings (SSSR count). The van der Waals surface area contributed by atoms with E-state index < -0.39 is 0 Å². The zero-order valence-electron chi connectivity index (χ0n) is 15.1. The summed E-state index contributed by atoms with van der Waals surface area (Å²) in [6.45, 7) is 2.59. The summed E-state index contributed by atoms with van der Waals surface area (Å²) >= 11 is 0. The second kappa shape index (κ2) is 7.72. The van der Waals surface area contributed by atoms with Crippen molar-refractivity contribution in [3.05, 3.63) is 30.1 Å². The predicted molar refractivity (Wildman–Crippen MR) is 96.8 cm³/mol. The van der Waals surface area contributed by atoms with Gasteiger partial charge in [0.1, 0.15) is 6.04 Å². The smallest absolute Gasteiger partial charge is 0.241 e. The van der Waals surface area contributed by atoms with Gasteiger partial charge in [0.15, 0.2) is 0 Å². The van der Waals surface area contributed by atoms with Gasteiger partial charge in [0.2, 0.25) is 11.8 Å². The number of amides is 2. The molecular formula is C19H27N5O2. The van der Waals surface area contributed by atoms with E-state index in [4.69, 9.17) is 0 Å². The number of rotatable bonds is 3. The minimum Gasteiger partial charge on any atom is -0.339 e. The van der Waals surface area contributed by atoms with Crippen molar-refractivity contribution in [1.29, 1.82) is 0 Å². The molecule has 0 radical (unpaired) electrons. The van der Waals surface area contributed by atoms with Crippen LogP contribution >= 0.6 is 0 Å². The van der Waals surface area contributed by atoms with Crippen molar-refractivity contribution in [3.8, 4) is 0 Å². The second-order valence-corrected chi connectivity index (χ2v) is 7.54. The summed E-state index contributed by atoms with van der Waals surface area (Å²) in [6.07, 6.45) is 8.68. The Labute approximate surface area is 154 Å². The van der Waals surface area contributed by atoms with Crippen LogP contribution in [0.3, 0.4) is 0 Å². The fourth-order valence-corrected chi connectivity index (χ4v) is 4.33. The summed E-state index contributed by atoms with van der Waals surface area (Å²) in [4.78, 5) is 33.2. The predicted octanol–water partition coefficient (Wildman–Crippen LogP) is 0.850. The molecule has 2 N–H and O–H groups in total. The minimum absolute atomic E-state index is 0.122. The molecule has 2 aliphatic heterocycles. The zero-order chi connectivity index (χ0) is 17.9. The molecule has 1 aromatic heterocycles.